The van der Waals surface area contributed by atoms with E-state index in [9.17, 15) is 22.4 Å². The van der Waals surface area contributed by atoms with Crippen LogP contribution in [0.2, 0.25) is 0 Å². The molecule has 44 heavy (non-hydrogen) atoms. The van der Waals surface area contributed by atoms with Crippen molar-refractivity contribution < 1.29 is 22.4 Å². The van der Waals surface area contributed by atoms with Gasteiger partial charge in [-0.1, -0.05) is 89.9 Å². The van der Waals surface area contributed by atoms with Crippen LogP contribution in [0, 0.1) is 5.82 Å². The van der Waals surface area contributed by atoms with E-state index in [2.05, 4.69) is 21.2 Å². The van der Waals surface area contributed by atoms with Crippen molar-refractivity contribution in [2.24, 2.45) is 0 Å². The molecule has 230 valence electrons. The number of carbonyl (C=O) groups is 2. The zero-order valence-electron chi connectivity index (χ0n) is 24.4. The highest BCUT2D eigenvalue weighted by Gasteiger charge is 2.34. The monoisotopic (exact) mass is 679 g/mol. The number of halogens is 2. The summed E-state index contributed by atoms with van der Waals surface area (Å²) in [7, 11) is -4.29. The zero-order chi connectivity index (χ0) is 31.5. The molecule has 0 aliphatic carbocycles. The van der Waals surface area contributed by atoms with Gasteiger partial charge in [0.1, 0.15) is 18.4 Å². The van der Waals surface area contributed by atoms with Crippen LogP contribution in [-0.2, 0) is 32.6 Å². The first kappa shape index (κ1) is 32.9. The second-order valence-corrected chi connectivity index (χ2v) is 13.1. The van der Waals surface area contributed by atoms with Crippen molar-refractivity contribution in [1.29, 1.82) is 0 Å². The number of hydrogen-bond donors (Lipinski definition) is 1. The predicted molar refractivity (Wildman–Crippen MR) is 174 cm³/mol. The van der Waals surface area contributed by atoms with Crippen LogP contribution in [-0.4, -0.2) is 44.3 Å². The number of rotatable bonds is 14. The number of benzene rings is 4. The van der Waals surface area contributed by atoms with E-state index in [0.29, 0.717) is 6.54 Å². The molecule has 0 fully saturated rings. The van der Waals surface area contributed by atoms with Crippen LogP contribution in [0.1, 0.15) is 30.9 Å². The van der Waals surface area contributed by atoms with Gasteiger partial charge in [-0.15, -0.1) is 0 Å². The molecule has 0 spiro atoms. The summed E-state index contributed by atoms with van der Waals surface area (Å²) < 4.78 is 43.3. The summed E-state index contributed by atoms with van der Waals surface area (Å²) >= 11 is 3.48. The predicted octanol–water partition coefficient (Wildman–Crippen LogP) is 6.34. The van der Waals surface area contributed by atoms with E-state index >= 15 is 0 Å². The Morgan fingerprint density at radius 1 is 0.864 bits per heavy atom. The van der Waals surface area contributed by atoms with Crippen molar-refractivity contribution >= 4 is 43.5 Å². The first-order chi connectivity index (χ1) is 21.2. The summed E-state index contributed by atoms with van der Waals surface area (Å²) in [5, 5.41) is 2.97. The standard InChI is InChI=1S/C34H35BrFN3O4S/c1-2-3-21-37-34(41)32(23-26-11-6-4-7-12-26)38(24-27-13-10-14-28(35)22-27)33(40)25-39(30-15-8-5-9-16-30)44(42,43)31-19-17-29(36)18-20-31/h4-20,22,32H,2-3,21,23-25H2,1H3,(H,37,41)/t32-/m1/s1. The first-order valence-corrected chi connectivity index (χ1v) is 16.6. The molecule has 0 aliphatic heterocycles. The second-order valence-electron chi connectivity index (χ2n) is 10.3. The Kier molecular flexibility index (Phi) is 11.7. The molecule has 0 unspecified atom stereocenters. The van der Waals surface area contributed by atoms with Crippen LogP contribution >= 0.6 is 15.9 Å². The minimum Gasteiger partial charge on any atom is -0.354 e. The Balaban J connectivity index is 1.77. The fraction of sp³-hybridized carbons (Fsp3) is 0.235. The number of unbranched alkanes of at least 4 members (excludes halogenated alkanes) is 1. The van der Waals surface area contributed by atoms with Gasteiger partial charge in [-0.25, -0.2) is 12.8 Å². The highest BCUT2D eigenvalue weighted by atomic mass is 79.9. The quantitative estimate of drug-likeness (QED) is 0.158. The number of anilines is 1. The van der Waals surface area contributed by atoms with Gasteiger partial charge in [-0.2, -0.15) is 0 Å². The third kappa shape index (κ3) is 8.76. The van der Waals surface area contributed by atoms with Gasteiger partial charge in [0.05, 0.1) is 10.6 Å². The van der Waals surface area contributed by atoms with Gasteiger partial charge in [0.2, 0.25) is 11.8 Å². The molecule has 2 amide bonds. The van der Waals surface area contributed by atoms with Crippen LogP contribution in [0.25, 0.3) is 0 Å². The van der Waals surface area contributed by atoms with Crippen LogP contribution < -0.4 is 9.62 Å². The third-order valence-electron chi connectivity index (χ3n) is 7.07. The van der Waals surface area contributed by atoms with Gasteiger partial charge >= 0.3 is 0 Å². The summed E-state index contributed by atoms with van der Waals surface area (Å²) in [5.41, 5.74) is 1.88. The van der Waals surface area contributed by atoms with E-state index in [4.69, 9.17) is 0 Å². The molecule has 4 rings (SSSR count). The van der Waals surface area contributed by atoms with Gasteiger partial charge in [-0.05, 0) is 66.1 Å². The number of amides is 2. The zero-order valence-corrected chi connectivity index (χ0v) is 26.8. The van der Waals surface area contributed by atoms with Crippen molar-refractivity contribution in [3.8, 4) is 0 Å². The first-order valence-electron chi connectivity index (χ1n) is 14.4. The lowest BCUT2D eigenvalue weighted by molar-refractivity contribution is -0.140. The topological polar surface area (TPSA) is 86.8 Å². The number of sulfonamides is 1. The van der Waals surface area contributed by atoms with Crippen molar-refractivity contribution in [1.82, 2.24) is 10.2 Å². The van der Waals surface area contributed by atoms with Gasteiger partial charge in [0, 0.05) is 24.0 Å². The van der Waals surface area contributed by atoms with E-state index in [1.807, 2.05) is 61.5 Å². The van der Waals surface area contributed by atoms with E-state index in [1.54, 1.807) is 30.3 Å². The Morgan fingerprint density at radius 2 is 1.50 bits per heavy atom. The maximum absolute atomic E-state index is 14.4. The van der Waals surface area contributed by atoms with E-state index in [-0.39, 0.29) is 29.5 Å². The molecule has 0 saturated carbocycles. The summed E-state index contributed by atoms with van der Waals surface area (Å²) in [5.74, 6) is -1.46. The summed E-state index contributed by atoms with van der Waals surface area (Å²) in [6.07, 6.45) is 1.90. The number of nitrogens with one attached hydrogen (secondary N) is 1. The normalized spacial score (nSPS) is 11.9. The summed E-state index contributed by atoms with van der Waals surface area (Å²) in [4.78, 5) is 29.4. The van der Waals surface area contributed by atoms with Crippen molar-refractivity contribution in [3.63, 3.8) is 0 Å². The third-order valence-corrected chi connectivity index (χ3v) is 9.35. The maximum atomic E-state index is 14.4. The lowest BCUT2D eigenvalue weighted by Crippen LogP contribution is -2.53. The molecule has 0 aromatic heterocycles. The lowest BCUT2D eigenvalue weighted by atomic mass is 10.0. The van der Waals surface area contributed by atoms with E-state index in [0.717, 1.165) is 44.9 Å². The molecule has 10 heteroatoms. The molecule has 0 saturated heterocycles. The number of hydrogen-bond acceptors (Lipinski definition) is 4. The van der Waals surface area contributed by atoms with Crippen LogP contribution in [0.4, 0.5) is 10.1 Å². The minimum atomic E-state index is -4.29. The molecule has 0 heterocycles. The molecule has 4 aromatic carbocycles. The average molecular weight is 681 g/mol. The Hall–Kier alpha value is -4.02. The Morgan fingerprint density at radius 3 is 2.14 bits per heavy atom. The molecule has 4 aromatic rings. The lowest BCUT2D eigenvalue weighted by Gasteiger charge is -2.34. The fourth-order valence-electron chi connectivity index (χ4n) is 4.75. The number of nitrogens with zero attached hydrogens (tertiary/aromatic N) is 2. The molecule has 0 bridgehead atoms. The highest BCUT2D eigenvalue weighted by molar-refractivity contribution is 9.10. The average Bonchev–Trinajstić information content (AvgIpc) is 3.02. The Labute approximate surface area is 266 Å². The summed E-state index contributed by atoms with van der Waals surface area (Å²) in [6.45, 7) is 1.96. The van der Waals surface area contributed by atoms with Crippen LogP contribution in [0.5, 0.6) is 0 Å². The van der Waals surface area contributed by atoms with Gasteiger partial charge in [0.15, 0.2) is 0 Å². The maximum Gasteiger partial charge on any atom is 0.264 e. The summed E-state index contributed by atoms with van der Waals surface area (Å²) in [6, 6.07) is 28.6. The molecule has 7 nitrogen and oxygen atoms in total. The van der Waals surface area contributed by atoms with Crippen LogP contribution in [0.15, 0.2) is 119 Å². The number of carbonyl (C=O) groups excluding carboxylic acids is 2. The van der Waals surface area contributed by atoms with Crippen molar-refractivity contribution in [3.05, 3.63) is 131 Å². The SMILES string of the molecule is CCCCNC(=O)[C@@H](Cc1ccccc1)N(Cc1cccc(Br)c1)C(=O)CN(c1ccccc1)S(=O)(=O)c1ccc(F)cc1. The molecular formula is C34H35BrFN3O4S. The second kappa shape index (κ2) is 15.6. The number of para-hydroxylation sites is 1. The van der Waals surface area contributed by atoms with E-state index < -0.39 is 34.3 Å². The molecule has 1 atom stereocenters. The smallest absolute Gasteiger partial charge is 0.264 e. The molecule has 1 N–H and O–H groups in total. The van der Waals surface area contributed by atoms with Crippen molar-refractivity contribution in [2.45, 2.75) is 43.7 Å². The van der Waals surface area contributed by atoms with Crippen LogP contribution in [0.3, 0.4) is 0 Å². The van der Waals surface area contributed by atoms with Gasteiger partial charge in [0.25, 0.3) is 10.0 Å². The Bertz CT molecular complexity index is 1640. The molecular weight excluding hydrogens is 645 g/mol. The molecule has 0 radical (unpaired) electrons. The van der Waals surface area contributed by atoms with E-state index in [1.165, 1.54) is 17.0 Å². The van der Waals surface area contributed by atoms with Gasteiger partial charge < -0.3 is 10.2 Å². The molecule has 0 aliphatic rings. The minimum absolute atomic E-state index is 0.0657. The van der Waals surface area contributed by atoms with Crippen molar-refractivity contribution in [2.75, 3.05) is 17.4 Å². The largest absolute Gasteiger partial charge is 0.354 e. The highest BCUT2D eigenvalue weighted by Crippen LogP contribution is 2.25. The van der Waals surface area contributed by atoms with Gasteiger partial charge in [-0.3, -0.25) is 13.9 Å². The fourth-order valence-corrected chi connectivity index (χ4v) is 6.61.